The lowest BCUT2D eigenvalue weighted by atomic mass is 9.48. The van der Waals surface area contributed by atoms with Crippen molar-refractivity contribution in [3.05, 3.63) is 46.0 Å². The number of ether oxygens (including phenoxy) is 1. The largest absolute Gasteiger partial charge is 0.459 e. The summed E-state index contributed by atoms with van der Waals surface area (Å²) < 4.78 is 7.14. The molecule has 2 heterocycles. The molecule has 0 radical (unpaired) electrons. The van der Waals surface area contributed by atoms with Crippen LogP contribution in [0.25, 0.3) is 5.65 Å². The van der Waals surface area contributed by atoms with Crippen LogP contribution in [0.4, 0.5) is 0 Å². The first kappa shape index (κ1) is 16.9. The van der Waals surface area contributed by atoms with Crippen LogP contribution in [-0.4, -0.2) is 26.1 Å². The Kier molecular flexibility index (Phi) is 3.54. The molecule has 0 saturated heterocycles. The maximum absolute atomic E-state index is 13.0. The second-order valence-corrected chi connectivity index (χ2v) is 9.01. The normalized spacial score (nSPS) is 34.1. The fraction of sp³-hybridized carbons (Fsp3) is 0.571. The molecule has 27 heavy (non-hydrogen) atoms. The maximum atomic E-state index is 13.0. The minimum absolute atomic E-state index is 0.00554. The van der Waals surface area contributed by atoms with Gasteiger partial charge in [0.2, 0.25) is 0 Å². The molecule has 4 aliphatic rings. The molecule has 0 aromatic carbocycles. The number of aryl methyl sites for hydroxylation is 1. The number of pyridine rings is 1. The van der Waals surface area contributed by atoms with E-state index in [-0.39, 0.29) is 18.1 Å². The summed E-state index contributed by atoms with van der Waals surface area (Å²) in [6, 6.07) is 5.13. The molecule has 4 saturated carbocycles. The Morgan fingerprint density at radius 2 is 2.07 bits per heavy atom. The Hall–Kier alpha value is -2.21. The van der Waals surface area contributed by atoms with Crippen molar-refractivity contribution in [2.24, 2.45) is 17.3 Å². The quantitative estimate of drug-likeness (QED) is 0.842. The van der Waals surface area contributed by atoms with Gasteiger partial charge in [0.25, 0.3) is 5.56 Å². The highest BCUT2D eigenvalue weighted by atomic mass is 16.5. The maximum Gasteiger partial charge on any atom is 0.312 e. The number of carbonyl (C=O) groups is 1. The van der Waals surface area contributed by atoms with Crippen LogP contribution in [-0.2, 0) is 16.1 Å². The first-order valence-corrected chi connectivity index (χ1v) is 9.73. The van der Waals surface area contributed by atoms with E-state index in [0.29, 0.717) is 29.6 Å². The zero-order valence-corrected chi connectivity index (χ0v) is 15.5. The van der Waals surface area contributed by atoms with Gasteiger partial charge in [-0.15, -0.1) is 0 Å². The van der Waals surface area contributed by atoms with E-state index in [1.54, 1.807) is 6.20 Å². The summed E-state index contributed by atoms with van der Waals surface area (Å²) in [6.07, 6.45) is 6.60. The fourth-order valence-corrected chi connectivity index (χ4v) is 6.13. The van der Waals surface area contributed by atoms with Gasteiger partial charge in [0, 0.05) is 12.3 Å². The van der Waals surface area contributed by atoms with Crippen molar-refractivity contribution in [1.29, 1.82) is 0 Å². The van der Waals surface area contributed by atoms with Gasteiger partial charge in [-0.05, 0) is 68.9 Å². The summed E-state index contributed by atoms with van der Waals surface area (Å²) in [5.74, 6) is 0.617. The third kappa shape index (κ3) is 2.69. The molecular weight excluding hydrogens is 344 g/mol. The van der Waals surface area contributed by atoms with Crippen molar-refractivity contribution in [2.45, 2.75) is 57.7 Å². The van der Waals surface area contributed by atoms with E-state index in [1.807, 2.05) is 19.1 Å². The predicted octanol–water partition coefficient (Wildman–Crippen LogP) is 2.38. The van der Waals surface area contributed by atoms with E-state index in [9.17, 15) is 14.7 Å². The Balaban J connectivity index is 1.38. The first-order valence-electron chi connectivity index (χ1n) is 9.73. The molecular formula is C21H24N2O4. The predicted molar refractivity (Wildman–Crippen MR) is 98.1 cm³/mol. The second-order valence-electron chi connectivity index (χ2n) is 9.01. The number of carbonyl (C=O) groups excluding carboxylic acids is 1. The van der Waals surface area contributed by atoms with Crippen LogP contribution in [0.15, 0.2) is 29.2 Å². The average Bonchev–Trinajstić information content (AvgIpc) is 2.58. The summed E-state index contributed by atoms with van der Waals surface area (Å²) >= 11 is 0. The monoisotopic (exact) mass is 368 g/mol. The van der Waals surface area contributed by atoms with Gasteiger partial charge in [-0.3, -0.25) is 14.0 Å². The third-order valence-corrected chi connectivity index (χ3v) is 6.75. The fourth-order valence-electron chi connectivity index (χ4n) is 6.13. The molecule has 2 aromatic rings. The molecule has 1 N–H and O–H groups in total. The summed E-state index contributed by atoms with van der Waals surface area (Å²) in [5.41, 5.74) is 0.511. The van der Waals surface area contributed by atoms with Gasteiger partial charge in [-0.2, -0.15) is 0 Å². The van der Waals surface area contributed by atoms with Gasteiger partial charge >= 0.3 is 5.97 Å². The van der Waals surface area contributed by atoms with E-state index >= 15 is 0 Å². The van der Waals surface area contributed by atoms with Crippen molar-refractivity contribution in [3.63, 3.8) is 0 Å². The van der Waals surface area contributed by atoms with Gasteiger partial charge in [-0.1, -0.05) is 6.07 Å². The van der Waals surface area contributed by atoms with Crippen LogP contribution >= 0.6 is 0 Å². The molecule has 6 heteroatoms. The SMILES string of the molecule is Cc1cccn2c(=O)cc(COC(=O)C34C[C@@H]5C[C@@H](CC(O)(C5)C3)C4)nc12. The molecule has 4 aliphatic carbocycles. The van der Waals surface area contributed by atoms with Gasteiger partial charge in [0.1, 0.15) is 12.3 Å². The van der Waals surface area contributed by atoms with Crippen molar-refractivity contribution in [2.75, 3.05) is 0 Å². The molecule has 6 rings (SSSR count). The van der Waals surface area contributed by atoms with E-state index < -0.39 is 11.0 Å². The standard InChI is InChI=1S/C21H24N2O4/c1-13-3-2-4-23-17(24)6-16(22-18(13)23)11-27-19(25)20-7-14-5-15(8-20)10-21(26,9-14)12-20/h2-4,6,14-15,26H,5,7-12H2,1H3/t14-,15+,20?,21?. The first-order chi connectivity index (χ1) is 12.9. The Morgan fingerprint density at radius 3 is 2.78 bits per heavy atom. The zero-order valence-electron chi connectivity index (χ0n) is 15.5. The molecule has 4 bridgehead atoms. The molecule has 0 spiro atoms. The summed E-state index contributed by atoms with van der Waals surface area (Å²) in [5, 5.41) is 10.8. The minimum Gasteiger partial charge on any atom is -0.459 e. The molecule has 142 valence electrons. The number of aliphatic hydroxyl groups is 1. The van der Waals surface area contributed by atoms with E-state index in [0.717, 1.165) is 37.7 Å². The second kappa shape index (κ2) is 5.64. The minimum atomic E-state index is -0.694. The number of hydrogen-bond donors (Lipinski definition) is 1. The van der Waals surface area contributed by atoms with Crippen molar-refractivity contribution in [3.8, 4) is 0 Å². The molecule has 6 nitrogen and oxygen atoms in total. The van der Waals surface area contributed by atoms with Gasteiger partial charge < -0.3 is 9.84 Å². The summed E-state index contributed by atoms with van der Waals surface area (Å²) in [6.45, 7) is 1.89. The number of fused-ring (bicyclic) bond motifs is 1. The number of hydrogen-bond acceptors (Lipinski definition) is 5. The van der Waals surface area contributed by atoms with Crippen LogP contribution in [0.1, 0.15) is 49.8 Å². The van der Waals surface area contributed by atoms with Crippen molar-refractivity contribution in [1.82, 2.24) is 9.38 Å². The molecule has 4 fully saturated rings. The topological polar surface area (TPSA) is 80.9 Å². The summed E-state index contributed by atoms with van der Waals surface area (Å²) in [7, 11) is 0. The zero-order chi connectivity index (χ0) is 18.8. The molecule has 2 unspecified atom stereocenters. The van der Waals surface area contributed by atoms with Gasteiger partial charge in [-0.25, -0.2) is 4.98 Å². The lowest BCUT2D eigenvalue weighted by Crippen LogP contribution is -2.58. The van der Waals surface area contributed by atoms with Crippen LogP contribution in [0.3, 0.4) is 0 Å². The van der Waals surface area contributed by atoms with Crippen molar-refractivity contribution >= 4 is 11.6 Å². The Labute approximate surface area is 157 Å². The Morgan fingerprint density at radius 1 is 1.33 bits per heavy atom. The smallest absolute Gasteiger partial charge is 0.312 e. The van der Waals surface area contributed by atoms with Crippen molar-refractivity contribution < 1.29 is 14.6 Å². The van der Waals surface area contributed by atoms with E-state index in [4.69, 9.17) is 4.74 Å². The van der Waals surface area contributed by atoms with Crippen LogP contribution in [0.5, 0.6) is 0 Å². The average molecular weight is 368 g/mol. The highest BCUT2D eigenvalue weighted by Crippen LogP contribution is 2.62. The highest BCUT2D eigenvalue weighted by molar-refractivity contribution is 5.77. The molecule has 0 amide bonds. The summed E-state index contributed by atoms with van der Waals surface area (Å²) in [4.78, 5) is 29.8. The number of nitrogens with zero attached hydrogens (tertiary/aromatic N) is 2. The molecule has 4 atom stereocenters. The van der Waals surface area contributed by atoms with Crippen LogP contribution in [0, 0.1) is 24.2 Å². The number of aromatic nitrogens is 2. The lowest BCUT2D eigenvalue weighted by molar-refractivity contribution is -0.197. The number of esters is 1. The van der Waals surface area contributed by atoms with Gasteiger partial charge in [0.05, 0.1) is 16.7 Å². The third-order valence-electron chi connectivity index (χ3n) is 6.75. The molecule has 0 aliphatic heterocycles. The van der Waals surface area contributed by atoms with Crippen LogP contribution in [0.2, 0.25) is 0 Å². The Bertz CT molecular complexity index is 981. The van der Waals surface area contributed by atoms with Gasteiger partial charge in [0.15, 0.2) is 0 Å². The number of rotatable bonds is 3. The molecule has 2 aromatic heterocycles. The highest BCUT2D eigenvalue weighted by Gasteiger charge is 2.60. The lowest BCUT2D eigenvalue weighted by Gasteiger charge is -2.58. The van der Waals surface area contributed by atoms with E-state index in [2.05, 4.69) is 4.98 Å². The van der Waals surface area contributed by atoms with E-state index in [1.165, 1.54) is 10.5 Å². The van der Waals surface area contributed by atoms with Crippen LogP contribution < -0.4 is 5.56 Å².